The number of aromatic nitrogens is 2. The molecule has 20 heavy (non-hydrogen) atoms. The number of hydrogen-bond donors (Lipinski definition) is 2. The molecule has 1 amide bonds. The number of ether oxygens (including phenoxy) is 1. The van der Waals surface area contributed by atoms with Gasteiger partial charge in [0.15, 0.2) is 5.82 Å². The van der Waals surface area contributed by atoms with E-state index in [-0.39, 0.29) is 12.1 Å². The molecule has 0 fully saturated rings. The minimum atomic E-state index is -0.660. The monoisotopic (exact) mass is 278 g/mol. The lowest BCUT2D eigenvalue weighted by molar-refractivity contribution is 0.102. The second-order valence-electron chi connectivity index (χ2n) is 4.18. The molecule has 0 spiro atoms. The van der Waals surface area contributed by atoms with E-state index in [1.165, 1.54) is 23.9 Å². The molecule has 0 aliphatic carbocycles. The molecule has 0 saturated carbocycles. The molecule has 0 radical (unpaired) electrons. The Morgan fingerprint density at radius 3 is 2.90 bits per heavy atom. The molecule has 0 saturated heterocycles. The second kappa shape index (κ2) is 5.70. The van der Waals surface area contributed by atoms with E-state index in [9.17, 15) is 9.18 Å². The van der Waals surface area contributed by atoms with Gasteiger partial charge >= 0.3 is 0 Å². The molecule has 2 aromatic rings. The lowest BCUT2D eigenvalue weighted by Gasteiger charge is -2.06. The van der Waals surface area contributed by atoms with Crippen LogP contribution in [0.25, 0.3) is 0 Å². The van der Waals surface area contributed by atoms with Crippen LogP contribution in [-0.2, 0) is 13.6 Å². The molecular weight excluding hydrogens is 263 g/mol. The third-order valence-electron chi connectivity index (χ3n) is 2.78. The van der Waals surface area contributed by atoms with Gasteiger partial charge in [-0.15, -0.1) is 0 Å². The maximum Gasteiger partial charge on any atom is 0.259 e. The van der Waals surface area contributed by atoms with Crippen LogP contribution in [0.15, 0.2) is 24.4 Å². The lowest BCUT2D eigenvalue weighted by Crippen LogP contribution is -2.16. The number of aryl methyl sites for hydroxylation is 1. The van der Waals surface area contributed by atoms with Crippen molar-refractivity contribution < 1.29 is 13.9 Å². The normalized spacial score (nSPS) is 10.4. The average Bonchev–Trinajstić information content (AvgIpc) is 2.78. The molecule has 7 heteroatoms. The van der Waals surface area contributed by atoms with Gasteiger partial charge in [0.2, 0.25) is 0 Å². The zero-order valence-electron chi connectivity index (χ0n) is 11.2. The molecule has 0 bridgehead atoms. The molecule has 1 heterocycles. The molecular formula is C13H15FN4O2. The number of methoxy groups -OCH3 is 1. The molecule has 1 aromatic carbocycles. The molecule has 0 aliphatic rings. The van der Waals surface area contributed by atoms with Gasteiger partial charge in [0.25, 0.3) is 5.91 Å². The van der Waals surface area contributed by atoms with E-state index in [0.29, 0.717) is 17.1 Å². The number of nitrogens with two attached hydrogens (primary N) is 1. The summed E-state index contributed by atoms with van der Waals surface area (Å²) in [4.78, 5) is 12.0. The van der Waals surface area contributed by atoms with Crippen molar-refractivity contribution in [2.75, 3.05) is 12.4 Å². The Morgan fingerprint density at radius 1 is 1.55 bits per heavy atom. The van der Waals surface area contributed by atoms with Crippen molar-refractivity contribution in [1.29, 1.82) is 0 Å². The van der Waals surface area contributed by atoms with Gasteiger partial charge in [0.05, 0.1) is 12.7 Å². The van der Waals surface area contributed by atoms with Crippen molar-refractivity contribution in [2.24, 2.45) is 12.8 Å². The van der Waals surface area contributed by atoms with Crippen LogP contribution < -0.4 is 15.8 Å². The summed E-state index contributed by atoms with van der Waals surface area (Å²) in [7, 11) is 3.14. The number of carbonyl (C=O) groups is 1. The largest absolute Gasteiger partial charge is 0.497 e. The van der Waals surface area contributed by atoms with E-state index in [0.717, 1.165) is 6.07 Å². The molecule has 0 atom stereocenters. The fraction of sp³-hybridized carbons (Fsp3) is 0.231. The summed E-state index contributed by atoms with van der Waals surface area (Å²) < 4.78 is 20.2. The van der Waals surface area contributed by atoms with Crippen molar-refractivity contribution >= 4 is 11.7 Å². The molecule has 3 N–H and O–H groups in total. The van der Waals surface area contributed by atoms with Gasteiger partial charge in [-0.3, -0.25) is 9.48 Å². The smallest absolute Gasteiger partial charge is 0.259 e. The first-order valence-corrected chi connectivity index (χ1v) is 5.92. The van der Waals surface area contributed by atoms with E-state index >= 15 is 0 Å². The highest BCUT2D eigenvalue weighted by atomic mass is 19.1. The highest BCUT2D eigenvalue weighted by Gasteiger charge is 2.15. The number of anilines is 1. The van der Waals surface area contributed by atoms with E-state index in [1.807, 2.05) is 0 Å². The Bertz CT molecular complexity index is 639. The van der Waals surface area contributed by atoms with Crippen LogP contribution in [-0.4, -0.2) is 22.8 Å². The van der Waals surface area contributed by atoms with Gasteiger partial charge in [-0.05, 0) is 12.1 Å². The lowest BCUT2D eigenvalue weighted by atomic mass is 10.2. The summed E-state index contributed by atoms with van der Waals surface area (Å²) in [5.41, 5.74) is 6.14. The Hall–Kier alpha value is -2.41. The zero-order valence-corrected chi connectivity index (χ0v) is 11.2. The van der Waals surface area contributed by atoms with Gasteiger partial charge in [-0.25, -0.2) is 4.39 Å². The maximum absolute atomic E-state index is 13.8. The van der Waals surface area contributed by atoms with Crippen molar-refractivity contribution in [3.63, 3.8) is 0 Å². The van der Waals surface area contributed by atoms with Crippen molar-refractivity contribution in [3.05, 3.63) is 41.3 Å². The predicted octanol–water partition coefficient (Wildman–Crippen LogP) is 1.28. The Morgan fingerprint density at radius 2 is 2.30 bits per heavy atom. The first-order valence-electron chi connectivity index (χ1n) is 5.92. The topological polar surface area (TPSA) is 82.2 Å². The Balaban J connectivity index is 2.23. The van der Waals surface area contributed by atoms with Gasteiger partial charge in [-0.1, -0.05) is 0 Å². The number of benzene rings is 1. The minimum Gasteiger partial charge on any atom is -0.497 e. The summed E-state index contributed by atoms with van der Waals surface area (Å²) in [5.74, 6) is -0.569. The highest BCUT2D eigenvalue weighted by Crippen LogP contribution is 2.18. The fourth-order valence-electron chi connectivity index (χ4n) is 1.77. The van der Waals surface area contributed by atoms with Gasteiger partial charge < -0.3 is 15.8 Å². The molecule has 106 valence electrons. The fourth-order valence-corrected chi connectivity index (χ4v) is 1.77. The molecule has 2 rings (SSSR count). The third-order valence-corrected chi connectivity index (χ3v) is 2.78. The van der Waals surface area contributed by atoms with Crippen LogP contribution in [0.4, 0.5) is 10.2 Å². The maximum atomic E-state index is 13.8. The van der Waals surface area contributed by atoms with Crippen molar-refractivity contribution in [1.82, 2.24) is 9.78 Å². The van der Waals surface area contributed by atoms with E-state index in [2.05, 4.69) is 10.4 Å². The number of hydrogen-bond acceptors (Lipinski definition) is 4. The van der Waals surface area contributed by atoms with Crippen LogP contribution in [0.2, 0.25) is 0 Å². The van der Waals surface area contributed by atoms with Crippen molar-refractivity contribution in [3.8, 4) is 5.75 Å². The standard InChI is InChI=1S/C13H15FN4O2/c1-18-7-8(6-15)12(17-18)16-13(19)10-4-3-9(20-2)5-11(10)14/h3-5,7H,6,15H2,1-2H3,(H,16,17,19). The third kappa shape index (κ3) is 2.77. The summed E-state index contributed by atoms with van der Waals surface area (Å²) >= 11 is 0. The number of rotatable bonds is 4. The Labute approximate surface area is 115 Å². The van der Waals surface area contributed by atoms with Crippen LogP contribution in [0.3, 0.4) is 0 Å². The first-order chi connectivity index (χ1) is 9.55. The summed E-state index contributed by atoms with van der Waals surface area (Å²) in [6, 6.07) is 4.02. The number of nitrogens with one attached hydrogen (secondary N) is 1. The highest BCUT2D eigenvalue weighted by molar-refractivity contribution is 6.04. The van der Waals surface area contributed by atoms with Crippen LogP contribution in [0, 0.1) is 5.82 Å². The van der Waals surface area contributed by atoms with Gasteiger partial charge in [-0.2, -0.15) is 5.10 Å². The first kappa shape index (κ1) is 14.0. The molecule has 0 aliphatic heterocycles. The number of nitrogens with zero attached hydrogens (tertiary/aromatic N) is 2. The predicted molar refractivity (Wildman–Crippen MR) is 72.0 cm³/mol. The van der Waals surface area contributed by atoms with Crippen LogP contribution >= 0.6 is 0 Å². The van der Waals surface area contributed by atoms with Crippen molar-refractivity contribution in [2.45, 2.75) is 6.54 Å². The van der Waals surface area contributed by atoms with E-state index in [4.69, 9.17) is 10.5 Å². The summed E-state index contributed by atoms with van der Waals surface area (Å²) in [5, 5.41) is 6.61. The SMILES string of the molecule is COc1ccc(C(=O)Nc2nn(C)cc2CN)c(F)c1. The summed E-state index contributed by atoms with van der Waals surface area (Å²) in [6.45, 7) is 0.231. The summed E-state index contributed by atoms with van der Waals surface area (Å²) in [6.07, 6.45) is 1.69. The second-order valence-corrected chi connectivity index (χ2v) is 4.18. The zero-order chi connectivity index (χ0) is 14.7. The van der Waals surface area contributed by atoms with E-state index in [1.54, 1.807) is 13.2 Å². The van der Waals surface area contributed by atoms with Crippen LogP contribution in [0.5, 0.6) is 5.75 Å². The van der Waals surface area contributed by atoms with Crippen LogP contribution in [0.1, 0.15) is 15.9 Å². The minimum absolute atomic E-state index is 0.0839. The quantitative estimate of drug-likeness (QED) is 0.882. The molecule has 1 aromatic heterocycles. The van der Waals surface area contributed by atoms with Gasteiger partial charge in [0.1, 0.15) is 11.6 Å². The molecule has 6 nitrogen and oxygen atoms in total. The number of carbonyl (C=O) groups excluding carboxylic acids is 1. The van der Waals surface area contributed by atoms with Gasteiger partial charge in [0, 0.05) is 31.4 Å². The molecule has 0 unspecified atom stereocenters. The van der Waals surface area contributed by atoms with E-state index < -0.39 is 11.7 Å². The number of amides is 1. The number of halogens is 1. The Kier molecular flexibility index (Phi) is 3.99. The average molecular weight is 278 g/mol.